The molecule has 0 N–H and O–H groups in total. The summed E-state index contributed by atoms with van der Waals surface area (Å²) in [6, 6.07) is 60.3. The number of hydrogen-bond acceptors (Lipinski definition) is 2. The third-order valence-corrected chi connectivity index (χ3v) is 9.83. The summed E-state index contributed by atoms with van der Waals surface area (Å²) < 4.78 is 4.68. The first kappa shape index (κ1) is 28.3. The SMILES string of the molecule is c1ccc(-c2ccc(-c3ccc(-n4c5ccccc5c5cc(-c6ccc7c(c6)c6ccccc6n7-c6ccccc6)ccc54)cn3)cn2)cc1. The molecule has 0 aliphatic rings. The molecular formula is C46H30N4. The van der Waals surface area contributed by atoms with Gasteiger partial charge >= 0.3 is 0 Å². The van der Waals surface area contributed by atoms with Crippen LogP contribution in [-0.2, 0) is 0 Å². The molecule has 234 valence electrons. The summed E-state index contributed by atoms with van der Waals surface area (Å²) in [6.45, 7) is 0. The van der Waals surface area contributed by atoms with E-state index in [-0.39, 0.29) is 0 Å². The predicted octanol–water partition coefficient (Wildman–Crippen LogP) is 11.7. The molecule has 0 spiro atoms. The van der Waals surface area contributed by atoms with Crippen molar-refractivity contribution in [3.63, 3.8) is 0 Å². The minimum absolute atomic E-state index is 0.896. The maximum Gasteiger partial charge on any atom is 0.0719 e. The van der Waals surface area contributed by atoms with Crippen LogP contribution in [0.1, 0.15) is 0 Å². The molecule has 50 heavy (non-hydrogen) atoms. The molecule has 4 nitrogen and oxygen atoms in total. The third-order valence-electron chi connectivity index (χ3n) is 9.83. The molecule has 0 aliphatic carbocycles. The van der Waals surface area contributed by atoms with Crippen LogP contribution in [0.5, 0.6) is 0 Å². The fourth-order valence-electron chi connectivity index (χ4n) is 7.45. The normalized spacial score (nSPS) is 11.6. The topological polar surface area (TPSA) is 35.6 Å². The highest BCUT2D eigenvalue weighted by Crippen LogP contribution is 2.38. The van der Waals surface area contributed by atoms with E-state index in [0.29, 0.717) is 0 Å². The maximum absolute atomic E-state index is 4.90. The molecule has 6 aromatic carbocycles. The average Bonchev–Trinajstić information content (AvgIpc) is 3.71. The lowest BCUT2D eigenvalue weighted by molar-refractivity contribution is 1.14. The molecule has 0 atom stereocenters. The fourth-order valence-corrected chi connectivity index (χ4v) is 7.45. The van der Waals surface area contributed by atoms with Crippen LogP contribution in [0, 0.1) is 0 Å². The van der Waals surface area contributed by atoms with Crippen molar-refractivity contribution >= 4 is 43.6 Å². The number of hydrogen-bond donors (Lipinski definition) is 0. The smallest absolute Gasteiger partial charge is 0.0719 e. The van der Waals surface area contributed by atoms with E-state index in [1.54, 1.807) is 0 Å². The number of aromatic nitrogens is 4. The molecule has 4 heterocycles. The van der Waals surface area contributed by atoms with E-state index in [2.05, 4.69) is 161 Å². The molecule has 10 rings (SSSR count). The number of para-hydroxylation sites is 3. The van der Waals surface area contributed by atoms with Crippen LogP contribution in [0.3, 0.4) is 0 Å². The van der Waals surface area contributed by atoms with Gasteiger partial charge in [0.05, 0.1) is 45.3 Å². The highest BCUT2D eigenvalue weighted by Gasteiger charge is 2.16. The highest BCUT2D eigenvalue weighted by atomic mass is 15.0. The molecule has 0 bridgehead atoms. The Labute approximate surface area is 289 Å². The monoisotopic (exact) mass is 638 g/mol. The molecule has 10 aromatic rings. The maximum atomic E-state index is 4.90. The number of pyridine rings is 2. The van der Waals surface area contributed by atoms with Crippen molar-refractivity contribution in [1.82, 2.24) is 19.1 Å². The number of nitrogens with zero attached hydrogens (tertiary/aromatic N) is 4. The summed E-state index contributed by atoms with van der Waals surface area (Å²) in [7, 11) is 0. The Balaban J connectivity index is 1.05. The van der Waals surface area contributed by atoms with Crippen molar-refractivity contribution < 1.29 is 0 Å². The largest absolute Gasteiger partial charge is 0.309 e. The van der Waals surface area contributed by atoms with Crippen LogP contribution in [0.2, 0.25) is 0 Å². The number of fused-ring (bicyclic) bond motifs is 6. The Morgan fingerprint density at radius 2 is 0.780 bits per heavy atom. The first-order valence-corrected chi connectivity index (χ1v) is 16.9. The first-order valence-electron chi connectivity index (χ1n) is 16.9. The summed E-state index contributed by atoms with van der Waals surface area (Å²) in [4.78, 5) is 9.61. The summed E-state index contributed by atoms with van der Waals surface area (Å²) in [5.74, 6) is 0. The molecule has 0 saturated carbocycles. The quantitative estimate of drug-likeness (QED) is 0.188. The van der Waals surface area contributed by atoms with Crippen molar-refractivity contribution in [2.75, 3.05) is 0 Å². The lowest BCUT2D eigenvalue weighted by Crippen LogP contribution is -1.96. The van der Waals surface area contributed by atoms with E-state index >= 15 is 0 Å². The molecule has 0 aliphatic heterocycles. The minimum Gasteiger partial charge on any atom is -0.309 e. The van der Waals surface area contributed by atoms with Crippen molar-refractivity contribution in [3.8, 4) is 45.0 Å². The Morgan fingerprint density at radius 1 is 0.300 bits per heavy atom. The standard InChI is InChI=1S/C46H30N4/c1-3-11-31(12-4-1)41-23-19-34(29-47-41)42-24-22-36(30-48-42)50-44-18-10-8-16-38(44)40-28-33(21-26-46(40)50)32-20-25-45-39(27-32)37-15-7-9-17-43(37)49(45)35-13-5-2-6-14-35/h1-30H. The second-order valence-electron chi connectivity index (χ2n) is 12.7. The summed E-state index contributed by atoms with van der Waals surface area (Å²) in [5.41, 5.74) is 13.3. The molecule has 4 heteroatoms. The van der Waals surface area contributed by atoms with Gasteiger partial charge in [-0.05, 0) is 83.9 Å². The summed E-state index contributed by atoms with van der Waals surface area (Å²) in [5, 5.41) is 4.94. The van der Waals surface area contributed by atoms with Gasteiger partial charge in [0, 0.05) is 44.6 Å². The molecular weight excluding hydrogens is 609 g/mol. The molecule has 0 unspecified atom stereocenters. The van der Waals surface area contributed by atoms with E-state index in [1.807, 2.05) is 30.6 Å². The molecule has 0 saturated heterocycles. The Hall–Kier alpha value is -6.78. The van der Waals surface area contributed by atoms with Gasteiger partial charge in [0.2, 0.25) is 0 Å². The van der Waals surface area contributed by atoms with Crippen LogP contribution in [0.4, 0.5) is 0 Å². The van der Waals surface area contributed by atoms with Gasteiger partial charge in [-0.25, -0.2) is 0 Å². The van der Waals surface area contributed by atoms with Crippen molar-refractivity contribution in [1.29, 1.82) is 0 Å². The van der Waals surface area contributed by atoms with E-state index in [4.69, 9.17) is 9.97 Å². The van der Waals surface area contributed by atoms with Crippen LogP contribution in [-0.4, -0.2) is 19.1 Å². The second-order valence-corrected chi connectivity index (χ2v) is 12.7. The molecule has 0 radical (unpaired) electrons. The summed E-state index contributed by atoms with van der Waals surface area (Å²) in [6.07, 6.45) is 3.87. The Kier molecular flexibility index (Phi) is 6.46. The first-order chi connectivity index (χ1) is 24.8. The van der Waals surface area contributed by atoms with Gasteiger partial charge in [0.25, 0.3) is 0 Å². The second kappa shape index (κ2) is 11.4. The fraction of sp³-hybridized carbons (Fsp3) is 0. The van der Waals surface area contributed by atoms with E-state index < -0.39 is 0 Å². The van der Waals surface area contributed by atoms with E-state index in [0.717, 1.165) is 39.2 Å². The molecule has 0 amide bonds. The van der Waals surface area contributed by atoms with Crippen molar-refractivity contribution in [2.24, 2.45) is 0 Å². The van der Waals surface area contributed by atoms with Gasteiger partial charge in [-0.1, -0.05) is 97.1 Å². The number of rotatable bonds is 5. The van der Waals surface area contributed by atoms with Gasteiger partial charge in [0.15, 0.2) is 0 Å². The van der Waals surface area contributed by atoms with Crippen molar-refractivity contribution in [2.45, 2.75) is 0 Å². The van der Waals surface area contributed by atoms with Crippen LogP contribution >= 0.6 is 0 Å². The predicted molar refractivity (Wildman–Crippen MR) is 207 cm³/mol. The zero-order chi connectivity index (χ0) is 33.0. The summed E-state index contributed by atoms with van der Waals surface area (Å²) >= 11 is 0. The van der Waals surface area contributed by atoms with Gasteiger partial charge in [-0.2, -0.15) is 0 Å². The number of benzene rings is 6. The van der Waals surface area contributed by atoms with E-state index in [1.165, 1.54) is 49.4 Å². The van der Waals surface area contributed by atoms with Gasteiger partial charge in [0.1, 0.15) is 0 Å². The average molecular weight is 639 g/mol. The zero-order valence-corrected chi connectivity index (χ0v) is 27.1. The van der Waals surface area contributed by atoms with Gasteiger partial charge in [-0.15, -0.1) is 0 Å². The van der Waals surface area contributed by atoms with E-state index in [9.17, 15) is 0 Å². The molecule has 4 aromatic heterocycles. The lowest BCUT2D eigenvalue weighted by Gasteiger charge is -2.10. The van der Waals surface area contributed by atoms with Gasteiger partial charge in [-0.3, -0.25) is 9.97 Å². The Bertz CT molecular complexity index is 2830. The minimum atomic E-state index is 0.896. The van der Waals surface area contributed by atoms with Crippen LogP contribution in [0.15, 0.2) is 182 Å². The zero-order valence-electron chi connectivity index (χ0n) is 27.1. The highest BCUT2D eigenvalue weighted by molar-refractivity contribution is 6.12. The third kappa shape index (κ3) is 4.54. The van der Waals surface area contributed by atoms with Crippen LogP contribution in [0.25, 0.3) is 88.6 Å². The Morgan fingerprint density at radius 3 is 1.36 bits per heavy atom. The van der Waals surface area contributed by atoms with Crippen molar-refractivity contribution in [3.05, 3.63) is 182 Å². The molecule has 0 fully saturated rings. The van der Waals surface area contributed by atoms with Crippen LogP contribution < -0.4 is 0 Å². The lowest BCUT2D eigenvalue weighted by atomic mass is 10.0. The van der Waals surface area contributed by atoms with Gasteiger partial charge < -0.3 is 9.13 Å².